The Morgan fingerprint density at radius 1 is 1.35 bits per heavy atom. The Balaban J connectivity index is 2.10. The number of amides is 1. The van der Waals surface area contributed by atoms with Crippen molar-refractivity contribution in [1.29, 1.82) is 0 Å². The van der Waals surface area contributed by atoms with Gasteiger partial charge in [-0.1, -0.05) is 0 Å². The van der Waals surface area contributed by atoms with Crippen molar-refractivity contribution in [1.82, 2.24) is 4.90 Å². The number of carbonyl (C=O) groups excluding carboxylic acids is 1. The van der Waals surface area contributed by atoms with Gasteiger partial charge in [0.2, 0.25) is 0 Å². The van der Waals surface area contributed by atoms with Crippen LogP contribution >= 0.6 is 11.3 Å². The lowest BCUT2D eigenvalue weighted by Gasteiger charge is -2.26. The Morgan fingerprint density at radius 2 is 2.06 bits per heavy atom. The second kappa shape index (κ2) is 5.44. The van der Waals surface area contributed by atoms with Crippen molar-refractivity contribution in [2.45, 2.75) is 25.9 Å². The molecule has 1 aliphatic rings. The molecule has 0 atom stereocenters. The Labute approximate surface area is 102 Å². The number of halogens is 2. The molecule has 0 bridgehead atoms. The van der Waals surface area contributed by atoms with Gasteiger partial charge in [-0.2, -0.15) is 8.78 Å². The number of thiophene rings is 1. The molecule has 6 heteroatoms. The van der Waals surface area contributed by atoms with Crippen LogP contribution in [0.5, 0.6) is 5.75 Å². The third kappa shape index (κ3) is 2.94. The molecule has 1 amide bonds. The Hall–Kier alpha value is -1.17. The first-order valence-corrected chi connectivity index (χ1v) is 6.38. The summed E-state index contributed by atoms with van der Waals surface area (Å²) in [6, 6.07) is 1.41. The highest BCUT2D eigenvalue weighted by atomic mass is 32.1. The van der Waals surface area contributed by atoms with Crippen molar-refractivity contribution in [2.24, 2.45) is 0 Å². The van der Waals surface area contributed by atoms with Gasteiger partial charge in [-0.3, -0.25) is 4.79 Å². The molecule has 1 aromatic rings. The first kappa shape index (κ1) is 12.3. The molecular weight excluding hydrogens is 248 g/mol. The van der Waals surface area contributed by atoms with Gasteiger partial charge in [0.15, 0.2) is 0 Å². The molecule has 1 saturated heterocycles. The third-order valence-corrected chi connectivity index (χ3v) is 3.57. The molecule has 0 N–H and O–H groups in total. The maximum Gasteiger partial charge on any atom is 0.387 e. The highest BCUT2D eigenvalue weighted by Gasteiger charge is 2.23. The molecule has 0 unspecified atom stereocenters. The Bertz CT molecular complexity index is 389. The molecule has 2 heterocycles. The highest BCUT2D eigenvalue weighted by Crippen LogP contribution is 2.28. The normalized spacial score (nSPS) is 16.3. The predicted octanol–water partition coefficient (Wildman–Crippen LogP) is 2.98. The standard InChI is InChI=1S/C11H13F2NO2S/c12-11(13)16-8-4-7-17-9(8)10(15)14-5-2-1-3-6-14/h4,7,11H,1-3,5-6H2. The average Bonchev–Trinajstić information content (AvgIpc) is 2.76. The van der Waals surface area contributed by atoms with E-state index in [0.717, 1.165) is 30.6 Å². The molecule has 94 valence electrons. The number of hydrogen-bond donors (Lipinski definition) is 0. The number of alkyl halides is 2. The summed E-state index contributed by atoms with van der Waals surface area (Å²) in [4.78, 5) is 14.0. The van der Waals surface area contributed by atoms with E-state index in [4.69, 9.17) is 0 Å². The predicted molar refractivity (Wildman–Crippen MR) is 60.7 cm³/mol. The summed E-state index contributed by atoms with van der Waals surface area (Å²) in [5, 5.41) is 1.59. The van der Waals surface area contributed by atoms with Crippen LogP contribution in [0.4, 0.5) is 8.78 Å². The summed E-state index contributed by atoms with van der Waals surface area (Å²) in [5.41, 5.74) is 0. The van der Waals surface area contributed by atoms with E-state index in [1.165, 1.54) is 6.07 Å². The molecule has 2 rings (SSSR count). The number of nitrogens with zero attached hydrogens (tertiary/aromatic N) is 1. The molecule has 0 radical (unpaired) electrons. The smallest absolute Gasteiger partial charge is 0.387 e. The summed E-state index contributed by atoms with van der Waals surface area (Å²) >= 11 is 1.14. The number of likely N-dealkylation sites (tertiary alicyclic amines) is 1. The van der Waals surface area contributed by atoms with Crippen molar-refractivity contribution in [2.75, 3.05) is 13.1 Å². The first-order valence-electron chi connectivity index (χ1n) is 5.50. The van der Waals surface area contributed by atoms with Crippen LogP contribution in [0.2, 0.25) is 0 Å². The molecule has 0 spiro atoms. The van der Waals surface area contributed by atoms with Gasteiger partial charge in [0.05, 0.1) is 0 Å². The van der Waals surface area contributed by atoms with Gasteiger partial charge in [-0.15, -0.1) is 11.3 Å². The number of piperidine rings is 1. The zero-order valence-electron chi connectivity index (χ0n) is 9.20. The van der Waals surface area contributed by atoms with Gasteiger partial charge in [-0.05, 0) is 30.7 Å². The third-order valence-electron chi connectivity index (χ3n) is 2.68. The molecule has 3 nitrogen and oxygen atoms in total. The number of rotatable bonds is 3. The Kier molecular flexibility index (Phi) is 3.93. The fourth-order valence-corrected chi connectivity index (χ4v) is 2.67. The summed E-state index contributed by atoms with van der Waals surface area (Å²) in [6.45, 7) is -1.49. The molecule has 17 heavy (non-hydrogen) atoms. The second-order valence-electron chi connectivity index (χ2n) is 3.85. The van der Waals surface area contributed by atoms with Crippen LogP contribution < -0.4 is 4.74 Å². The van der Waals surface area contributed by atoms with E-state index >= 15 is 0 Å². The molecule has 1 aliphatic heterocycles. The number of hydrogen-bond acceptors (Lipinski definition) is 3. The maximum absolute atomic E-state index is 12.1. The fourth-order valence-electron chi connectivity index (χ4n) is 1.88. The molecule has 0 aliphatic carbocycles. The van der Waals surface area contributed by atoms with Crippen molar-refractivity contribution in [3.8, 4) is 5.75 Å². The summed E-state index contributed by atoms with van der Waals surface area (Å²) in [5.74, 6) is -0.212. The summed E-state index contributed by atoms with van der Waals surface area (Å²) < 4.78 is 28.6. The molecular formula is C11H13F2NO2S. The van der Waals surface area contributed by atoms with Crippen molar-refractivity contribution < 1.29 is 18.3 Å². The van der Waals surface area contributed by atoms with Crippen LogP contribution in [-0.2, 0) is 0 Å². The van der Waals surface area contributed by atoms with Crippen LogP contribution in [-0.4, -0.2) is 30.5 Å². The molecule has 1 aromatic heterocycles. The zero-order chi connectivity index (χ0) is 12.3. The molecule has 0 saturated carbocycles. The van der Waals surface area contributed by atoms with Gasteiger partial charge < -0.3 is 9.64 Å². The van der Waals surface area contributed by atoms with E-state index < -0.39 is 6.61 Å². The molecule has 1 fully saturated rings. The van der Waals surface area contributed by atoms with Gasteiger partial charge in [0.25, 0.3) is 5.91 Å². The van der Waals surface area contributed by atoms with Crippen molar-refractivity contribution >= 4 is 17.2 Å². The monoisotopic (exact) mass is 261 g/mol. The SMILES string of the molecule is O=C(c1sccc1OC(F)F)N1CCCCC1. The van der Waals surface area contributed by atoms with E-state index in [2.05, 4.69) is 4.74 Å². The molecule has 0 aromatic carbocycles. The van der Waals surface area contributed by atoms with Gasteiger partial charge >= 0.3 is 6.61 Å². The lowest BCUT2D eigenvalue weighted by atomic mass is 10.1. The van der Waals surface area contributed by atoms with E-state index in [-0.39, 0.29) is 16.5 Å². The second-order valence-corrected chi connectivity index (χ2v) is 4.76. The zero-order valence-corrected chi connectivity index (χ0v) is 10.0. The Morgan fingerprint density at radius 3 is 2.71 bits per heavy atom. The number of carbonyl (C=O) groups is 1. The highest BCUT2D eigenvalue weighted by molar-refractivity contribution is 7.12. The van der Waals surface area contributed by atoms with Crippen molar-refractivity contribution in [3.05, 3.63) is 16.3 Å². The first-order chi connectivity index (χ1) is 8.18. The topological polar surface area (TPSA) is 29.5 Å². The van der Waals surface area contributed by atoms with Crippen LogP contribution in [0.25, 0.3) is 0 Å². The lowest BCUT2D eigenvalue weighted by Crippen LogP contribution is -2.35. The summed E-state index contributed by atoms with van der Waals surface area (Å²) in [6.07, 6.45) is 3.07. The van der Waals surface area contributed by atoms with E-state index in [1.54, 1.807) is 10.3 Å². The van der Waals surface area contributed by atoms with Gasteiger partial charge in [0.1, 0.15) is 10.6 Å². The maximum atomic E-state index is 12.1. The van der Waals surface area contributed by atoms with E-state index in [9.17, 15) is 13.6 Å². The van der Waals surface area contributed by atoms with Crippen LogP contribution in [0.15, 0.2) is 11.4 Å². The largest absolute Gasteiger partial charge is 0.433 e. The van der Waals surface area contributed by atoms with E-state index in [1.807, 2.05) is 0 Å². The van der Waals surface area contributed by atoms with Crippen LogP contribution in [0.3, 0.4) is 0 Å². The summed E-state index contributed by atoms with van der Waals surface area (Å²) in [7, 11) is 0. The van der Waals surface area contributed by atoms with Gasteiger partial charge in [-0.25, -0.2) is 0 Å². The van der Waals surface area contributed by atoms with Crippen molar-refractivity contribution in [3.63, 3.8) is 0 Å². The minimum atomic E-state index is -2.89. The quantitative estimate of drug-likeness (QED) is 0.837. The van der Waals surface area contributed by atoms with Gasteiger partial charge in [0, 0.05) is 13.1 Å². The minimum absolute atomic E-state index is 0.0134. The number of ether oxygens (including phenoxy) is 1. The van der Waals surface area contributed by atoms with Crippen LogP contribution in [0, 0.1) is 0 Å². The lowest BCUT2D eigenvalue weighted by molar-refractivity contribution is -0.0499. The van der Waals surface area contributed by atoms with Crippen LogP contribution in [0.1, 0.15) is 28.9 Å². The minimum Gasteiger partial charge on any atom is -0.433 e. The average molecular weight is 261 g/mol. The van der Waals surface area contributed by atoms with E-state index in [0.29, 0.717) is 13.1 Å². The fraction of sp³-hybridized carbons (Fsp3) is 0.545.